The minimum Gasteiger partial charge on any atom is -0.450 e. The molecule has 1 aliphatic heterocycles. The normalized spacial score (nSPS) is 13.2. The highest BCUT2D eigenvalue weighted by molar-refractivity contribution is 6.05. The van der Waals surface area contributed by atoms with Crippen molar-refractivity contribution in [1.29, 1.82) is 0 Å². The van der Waals surface area contributed by atoms with Crippen molar-refractivity contribution in [3.05, 3.63) is 83.7 Å². The second-order valence-electron chi connectivity index (χ2n) is 9.14. The summed E-state index contributed by atoms with van der Waals surface area (Å²) in [5.41, 5.74) is 5.02. The Bertz CT molecular complexity index is 1530. The molecule has 10 heteroatoms. The molecule has 1 N–H and O–H groups in total. The van der Waals surface area contributed by atoms with E-state index in [2.05, 4.69) is 15.4 Å². The lowest BCUT2D eigenvalue weighted by Crippen LogP contribution is -2.35. The smallest absolute Gasteiger partial charge is 0.410 e. The molecule has 0 saturated carbocycles. The molecule has 2 amide bonds. The van der Waals surface area contributed by atoms with E-state index in [4.69, 9.17) is 9.72 Å². The monoisotopic (exact) mass is 525 g/mol. The standard InChI is InChI=1S/C29H31N7O3/c1-4-35(25-10-6-8-20(3)30-25)27(37)22-11-13-23(14-12-22)31-28-32-26-24(9-7-17-36(26)33-28)21-15-18-34(19-16-21)29(38)39-5-2/h6-15,17H,4-5,16,18-19H2,1-3H3,(H,31,33). The summed E-state index contributed by atoms with van der Waals surface area (Å²) >= 11 is 0. The number of pyridine rings is 2. The lowest BCUT2D eigenvalue weighted by Gasteiger charge is -2.25. The molecule has 0 spiro atoms. The molecule has 0 unspecified atom stereocenters. The molecule has 0 aliphatic carbocycles. The molecule has 1 aliphatic rings. The van der Waals surface area contributed by atoms with Gasteiger partial charge in [-0.05, 0) is 81.3 Å². The minimum atomic E-state index is -0.290. The van der Waals surface area contributed by atoms with Crippen LogP contribution in [0.2, 0.25) is 0 Å². The summed E-state index contributed by atoms with van der Waals surface area (Å²) in [6.07, 6.45) is 4.31. The predicted octanol–water partition coefficient (Wildman–Crippen LogP) is 5.09. The molecular weight excluding hydrogens is 494 g/mol. The number of nitrogens with one attached hydrogen (secondary N) is 1. The molecule has 3 aromatic heterocycles. The fraction of sp³-hybridized carbons (Fsp3) is 0.276. The van der Waals surface area contributed by atoms with Gasteiger partial charge in [0.2, 0.25) is 5.95 Å². The van der Waals surface area contributed by atoms with Gasteiger partial charge >= 0.3 is 6.09 Å². The van der Waals surface area contributed by atoms with Gasteiger partial charge in [0.1, 0.15) is 5.82 Å². The van der Waals surface area contributed by atoms with Crippen LogP contribution in [0.25, 0.3) is 11.2 Å². The average molecular weight is 526 g/mol. The fourth-order valence-corrected chi connectivity index (χ4v) is 4.57. The van der Waals surface area contributed by atoms with E-state index in [1.54, 1.807) is 33.4 Å². The molecule has 1 aromatic carbocycles. The molecule has 4 heterocycles. The van der Waals surface area contributed by atoms with Gasteiger partial charge in [0, 0.05) is 48.3 Å². The van der Waals surface area contributed by atoms with Crippen molar-refractivity contribution < 1.29 is 14.3 Å². The Kier molecular flexibility index (Phi) is 7.53. The highest BCUT2D eigenvalue weighted by Gasteiger charge is 2.21. The highest BCUT2D eigenvalue weighted by atomic mass is 16.6. The maximum Gasteiger partial charge on any atom is 0.410 e. The van der Waals surface area contributed by atoms with Crippen LogP contribution >= 0.6 is 0 Å². The second-order valence-corrected chi connectivity index (χ2v) is 9.14. The van der Waals surface area contributed by atoms with Crippen LogP contribution in [0.1, 0.15) is 41.9 Å². The van der Waals surface area contributed by atoms with Gasteiger partial charge in [-0.25, -0.2) is 14.3 Å². The first kappa shape index (κ1) is 25.9. The topological polar surface area (TPSA) is 105 Å². The largest absolute Gasteiger partial charge is 0.450 e. The lowest BCUT2D eigenvalue weighted by atomic mass is 10.0. The Morgan fingerprint density at radius 2 is 1.87 bits per heavy atom. The van der Waals surface area contributed by atoms with Crippen molar-refractivity contribution in [1.82, 2.24) is 24.5 Å². The summed E-state index contributed by atoms with van der Waals surface area (Å²) in [6.45, 7) is 7.60. The Labute approximate surface area is 226 Å². The van der Waals surface area contributed by atoms with Crippen LogP contribution in [0.3, 0.4) is 0 Å². The van der Waals surface area contributed by atoms with E-state index in [0.717, 1.165) is 28.2 Å². The zero-order valence-electron chi connectivity index (χ0n) is 22.3. The van der Waals surface area contributed by atoms with Gasteiger partial charge in [-0.1, -0.05) is 12.1 Å². The van der Waals surface area contributed by atoms with E-state index < -0.39 is 0 Å². The molecule has 0 fully saturated rings. The summed E-state index contributed by atoms with van der Waals surface area (Å²) in [4.78, 5) is 37.8. The molecule has 5 rings (SSSR count). The lowest BCUT2D eigenvalue weighted by molar-refractivity contribution is 0.0987. The number of aromatic nitrogens is 4. The van der Waals surface area contributed by atoms with Crippen molar-refractivity contribution >= 4 is 40.7 Å². The third kappa shape index (κ3) is 5.59. The van der Waals surface area contributed by atoms with E-state index >= 15 is 0 Å². The molecule has 39 heavy (non-hydrogen) atoms. The van der Waals surface area contributed by atoms with Crippen LogP contribution in [0.4, 0.5) is 22.2 Å². The maximum atomic E-state index is 13.2. The zero-order valence-corrected chi connectivity index (χ0v) is 22.3. The summed E-state index contributed by atoms with van der Waals surface area (Å²) in [5.74, 6) is 0.973. The number of carbonyl (C=O) groups excluding carboxylic acids is 2. The van der Waals surface area contributed by atoms with Crippen molar-refractivity contribution in [2.24, 2.45) is 0 Å². The van der Waals surface area contributed by atoms with Crippen molar-refractivity contribution in [2.75, 3.05) is 36.5 Å². The van der Waals surface area contributed by atoms with Crippen LogP contribution in [-0.2, 0) is 4.74 Å². The van der Waals surface area contributed by atoms with Crippen molar-refractivity contribution in [3.8, 4) is 0 Å². The van der Waals surface area contributed by atoms with E-state index in [-0.39, 0.29) is 12.0 Å². The third-order valence-electron chi connectivity index (χ3n) is 6.54. The average Bonchev–Trinajstić information content (AvgIpc) is 3.37. The van der Waals surface area contributed by atoms with Crippen molar-refractivity contribution in [3.63, 3.8) is 0 Å². The van der Waals surface area contributed by atoms with Gasteiger partial charge in [-0.2, -0.15) is 4.98 Å². The first-order chi connectivity index (χ1) is 19.0. The molecule has 0 saturated heterocycles. The van der Waals surface area contributed by atoms with Crippen LogP contribution in [-0.4, -0.2) is 62.7 Å². The zero-order chi connectivity index (χ0) is 27.4. The van der Waals surface area contributed by atoms with Crippen LogP contribution in [0.5, 0.6) is 0 Å². The summed E-state index contributed by atoms with van der Waals surface area (Å²) < 4.78 is 6.85. The van der Waals surface area contributed by atoms with Crippen LogP contribution < -0.4 is 10.2 Å². The van der Waals surface area contributed by atoms with Crippen molar-refractivity contribution in [2.45, 2.75) is 27.2 Å². The summed E-state index contributed by atoms with van der Waals surface area (Å²) in [6, 6.07) is 16.8. The van der Waals surface area contributed by atoms with Crippen LogP contribution in [0.15, 0.2) is 66.9 Å². The number of hydrogen-bond acceptors (Lipinski definition) is 7. The van der Waals surface area contributed by atoms with Gasteiger partial charge in [-0.15, -0.1) is 5.10 Å². The molecular formula is C29H31N7O3. The Hall–Kier alpha value is -4.73. The molecule has 0 bridgehead atoms. The molecule has 10 nitrogen and oxygen atoms in total. The van der Waals surface area contributed by atoms with E-state index in [0.29, 0.717) is 50.0 Å². The minimum absolute atomic E-state index is 0.111. The van der Waals surface area contributed by atoms with Gasteiger partial charge < -0.3 is 15.0 Å². The number of benzene rings is 1. The molecule has 4 aromatic rings. The summed E-state index contributed by atoms with van der Waals surface area (Å²) in [7, 11) is 0. The molecule has 0 atom stereocenters. The number of carbonyl (C=O) groups is 2. The second kappa shape index (κ2) is 11.3. The van der Waals surface area contributed by atoms with Gasteiger partial charge in [-0.3, -0.25) is 9.69 Å². The number of anilines is 3. The quantitative estimate of drug-likeness (QED) is 0.358. The fourth-order valence-electron chi connectivity index (χ4n) is 4.57. The Morgan fingerprint density at radius 1 is 1.05 bits per heavy atom. The van der Waals surface area contributed by atoms with Gasteiger partial charge in [0.05, 0.1) is 6.61 Å². The number of fused-ring (bicyclic) bond motifs is 1. The number of hydrogen-bond donors (Lipinski definition) is 1. The summed E-state index contributed by atoms with van der Waals surface area (Å²) in [5, 5.41) is 7.82. The molecule has 200 valence electrons. The first-order valence-electron chi connectivity index (χ1n) is 13.1. The maximum absolute atomic E-state index is 13.2. The van der Waals surface area contributed by atoms with E-state index in [1.165, 1.54) is 0 Å². The number of ether oxygens (including phenoxy) is 1. The Balaban J connectivity index is 1.31. The van der Waals surface area contributed by atoms with Gasteiger partial charge in [0.25, 0.3) is 5.91 Å². The Morgan fingerprint density at radius 3 is 2.56 bits per heavy atom. The predicted molar refractivity (Wildman–Crippen MR) is 150 cm³/mol. The van der Waals surface area contributed by atoms with Crippen LogP contribution in [0, 0.1) is 6.92 Å². The van der Waals surface area contributed by atoms with Gasteiger partial charge in [0.15, 0.2) is 5.65 Å². The first-order valence-corrected chi connectivity index (χ1v) is 13.1. The number of rotatable bonds is 7. The SMILES string of the molecule is CCOC(=O)N1CC=C(c2cccn3nc(Nc4ccc(C(=O)N(CC)c5cccc(C)n5)cc4)nc23)CC1. The number of amides is 2. The van der Waals surface area contributed by atoms with E-state index in [9.17, 15) is 9.59 Å². The highest BCUT2D eigenvalue weighted by Crippen LogP contribution is 2.27. The molecule has 0 radical (unpaired) electrons. The van der Waals surface area contributed by atoms with E-state index in [1.807, 2.05) is 68.6 Å². The number of nitrogens with zero attached hydrogens (tertiary/aromatic N) is 6. The third-order valence-corrected chi connectivity index (χ3v) is 6.54. The number of aryl methyl sites for hydroxylation is 1.